The van der Waals surface area contributed by atoms with Crippen LogP contribution < -0.4 is 0 Å². The molecule has 1 unspecified atom stereocenters. The van der Waals surface area contributed by atoms with Crippen LogP contribution in [0.3, 0.4) is 0 Å². The summed E-state index contributed by atoms with van der Waals surface area (Å²) < 4.78 is 0. The van der Waals surface area contributed by atoms with Gasteiger partial charge in [-0.3, -0.25) is 0 Å². The molecule has 1 aromatic carbocycles. The highest BCUT2D eigenvalue weighted by Crippen LogP contribution is 2.48. The van der Waals surface area contributed by atoms with Gasteiger partial charge < -0.3 is 0 Å². The predicted octanol–water partition coefficient (Wildman–Crippen LogP) is 4.30. The highest BCUT2D eigenvalue weighted by atomic mass is 14.3. The van der Waals surface area contributed by atoms with Crippen molar-refractivity contribution in [2.45, 2.75) is 32.1 Å². The summed E-state index contributed by atoms with van der Waals surface area (Å²) in [6.45, 7) is 2.29. The lowest BCUT2D eigenvalue weighted by Crippen LogP contribution is -1.95. The first-order chi connectivity index (χ1) is 7.42. The van der Waals surface area contributed by atoms with Crippen molar-refractivity contribution in [1.29, 1.82) is 0 Å². The number of fused-ring (bicyclic) bond motifs is 3. The summed E-state index contributed by atoms with van der Waals surface area (Å²) in [5.41, 5.74) is 6.13. The Morgan fingerprint density at radius 1 is 1.13 bits per heavy atom. The van der Waals surface area contributed by atoms with Crippen LogP contribution >= 0.6 is 0 Å². The third-order valence-corrected chi connectivity index (χ3v) is 3.60. The smallest absolute Gasteiger partial charge is 0.00957 e. The molecule has 0 radical (unpaired) electrons. The molecule has 1 atom stereocenters. The lowest BCUT2D eigenvalue weighted by atomic mass is 9.91. The van der Waals surface area contributed by atoms with Crippen molar-refractivity contribution in [2.24, 2.45) is 0 Å². The summed E-state index contributed by atoms with van der Waals surface area (Å²) in [6.07, 6.45) is 8.53. The molecule has 0 aromatic heterocycles. The van der Waals surface area contributed by atoms with E-state index in [0.717, 1.165) is 0 Å². The van der Waals surface area contributed by atoms with E-state index in [1.54, 1.807) is 11.1 Å². The lowest BCUT2D eigenvalue weighted by molar-refractivity contribution is 0.788. The molecule has 0 spiro atoms. The Hall–Kier alpha value is -1.30. The summed E-state index contributed by atoms with van der Waals surface area (Å²) in [5.74, 6) is 0.660. The number of rotatable bonds is 1. The van der Waals surface area contributed by atoms with E-state index in [4.69, 9.17) is 0 Å². The molecule has 0 amide bonds. The second-order valence-electron chi connectivity index (χ2n) is 4.40. The van der Waals surface area contributed by atoms with Gasteiger partial charge in [-0.1, -0.05) is 43.3 Å². The Kier molecular flexibility index (Phi) is 2.02. The van der Waals surface area contributed by atoms with E-state index in [1.807, 2.05) is 0 Å². The van der Waals surface area contributed by atoms with Crippen LogP contribution in [0, 0.1) is 0 Å². The molecule has 0 heterocycles. The van der Waals surface area contributed by atoms with E-state index >= 15 is 0 Å². The molecular formula is C15H16. The average molecular weight is 196 g/mol. The molecule has 1 aromatic rings. The van der Waals surface area contributed by atoms with Crippen molar-refractivity contribution < 1.29 is 0 Å². The Balaban J connectivity index is 2.22. The van der Waals surface area contributed by atoms with Crippen molar-refractivity contribution in [2.75, 3.05) is 0 Å². The molecule has 15 heavy (non-hydrogen) atoms. The minimum atomic E-state index is 0.660. The van der Waals surface area contributed by atoms with Crippen LogP contribution in [0.25, 0.3) is 5.57 Å². The third-order valence-electron chi connectivity index (χ3n) is 3.60. The molecule has 0 heteroatoms. The van der Waals surface area contributed by atoms with Crippen molar-refractivity contribution in [1.82, 2.24) is 0 Å². The van der Waals surface area contributed by atoms with Gasteiger partial charge in [0.05, 0.1) is 0 Å². The molecule has 0 bridgehead atoms. The van der Waals surface area contributed by atoms with Gasteiger partial charge >= 0.3 is 0 Å². The van der Waals surface area contributed by atoms with Crippen LogP contribution in [0.15, 0.2) is 42.0 Å². The van der Waals surface area contributed by atoms with Gasteiger partial charge in [0.15, 0.2) is 0 Å². The lowest BCUT2D eigenvalue weighted by Gasteiger charge is -2.13. The highest BCUT2D eigenvalue weighted by Gasteiger charge is 2.30. The number of allylic oxidation sites excluding steroid dienone is 4. The largest absolute Gasteiger partial charge is 0.0798 e. The van der Waals surface area contributed by atoms with E-state index in [2.05, 4.69) is 43.3 Å². The zero-order valence-corrected chi connectivity index (χ0v) is 9.16. The molecule has 0 N–H and O–H groups in total. The molecule has 2 aliphatic rings. The maximum absolute atomic E-state index is 2.45. The summed E-state index contributed by atoms with van der Waals surface area (Å²) in [4.78, 5) is 0. The molecule has 0 nitrogen and oxygen atoms in total. The van der Waals surface area contributed by atoms with Gasteiger partial charge in [-0.2, -0.15) is 0 Å². The molecule has 3 rings (SSSR count). The van der Waals surface area contributed by atoms with Gasteiger partial charge in [0.2, 0.25) is 0 Å². The van der Waals surface area contributed by atoms with Crippen LogP contribution in [0.1, 0.15) is 43.2 Å². The summed E-state index contributed by atoms with van der Waals surface area (Å²) >= 11 is 0. The zero-order chi connectivity index (χ0) is 10.3. The molecule has 0 saturated heterocycles. The van der Waals surface area contributed by atoms with E-state index < -0.39 is 0 Å². The van der Waals surface area contributed by atoms with Crippen LogP contribution in [0.2, 0.25) is 0 Å². The van der Waals surface area contributed by atoms with Crippen LogP contribution in [0.4, 0.5) is 0 Å². The monoisotopic (exact) mass is 196 g/mol. The second-order valence-corrected chi connectivity index (χ2v) is 4.40. The first kappa shape index (κ1) is 8.96. The Bertz CT molecular complexity index is 449. The van der Waals surface area contributed by atoms with Crippen molar-refractivity contribution in [3.05, 3.63) is 53.1 Å². The summed E-state index contributed by atoms with van der Waals surface area (Å²) in [6, 6.07) is 8.89. The van der Waals surface area contributed by atoms with Gasteiger partial charge in [0.25, 0.3) is 0 Å². The summed E-state index contributed by atoms with van der Waals surface area (Å²) in [7, 11) is 0. The Labute approximate surface area is 91.3 Å². The van der Waals surface area contributed by atoms with Crippen molar-refractivity contribution >= 4 is 5.57 Å². The van der Waals surface area contributed by atoms with Gasteiger partial charge in [-0.05, 0) is 41.5 Å². The SMILES string of the molecule is CCC1C2=CCCC=C2c2ccccc21. The molecule has 0 aliphatic heterocycles. The van der Waals surface area contributed by atoms with E-state index in [9.17, 15) is 0 Å². The zero-order valence-electron chi connectivity index (χ0n) is 9.16. The van der Waals surface area contributed by atoms with Gasteiger partial charge in [0.1, 0.15) is 0 Å². The fourth-order valence-electron chi connectivity index (χ4n) is 2.94. The standard InChI is InChI=1S/C15H16/c1-2-11-12-7-3-5-9-14(12)15-10-6-4-8-13(11)15/h3,5,7-11H,2,4,6H2,1H3. The minimum absolute atomic E-state index is 0.660. The fraction of sp³-hybridized carbons (Fsp3) is 0.333. The van der Waals surface area contributed by atoms with Crippen LogP contribution in [-0.2, 0) is 0 Å². The van der Waals surface area contributed by atoms with E-state index in [0.29, 0.717) is 5.92 Å². The third kappa shape index (κ3) is 1.21. The highest BCUT2D eigenvalue weighted by molar-refractivity contribution is 5.88. The van der Waals surface area contributed by atoms with Gasteiger partial charge in [0, 0.05) is 5.92 Å². The molecular weight excluding hydrogens is 180 g/mol. The predicted molar refractivity (Wildman–Crippen MR) is 64.8 cm³/mol. The Morgan fingerprint density at radius 2 is 1.93 bits per heavy atom. The Morgan fingerprint density at radius 3 is 2.80 bits per heavy atom. The maximum Gasteiger partial charge on any atom is 0.00957 e. The van der Waals surface area contributed by atoms with E-state index in [1.165, 1.54) is 30.4 Å². The topological polar surface area (TPSA) is 0 Å². The molecule has 0 fully saturated rings. The normalized spacial score (nSPS) is 22.9. The molecule has 2 aliphatic carbocycles. The fourth-order valence-corrected chi connectivity index (χ4v) is 2.94. The second kappa shape index (κ2) is 3.37. The average Bonchev–Trinajstić information content (AvgIpc) is 2.63. The summed E-state index contributed by atoms with van der Waals surface area (Å²) in [5, 5.41) is 0. The maximum atomic E-state index is 2.45. The van der Waals surface area contributed by atoms with E-state index in [-0.39, 0.29) is 0 Å². The number of hydrogen-bond acceptors (Lipinski definition) is 0. The first-order valence-corrected chi connectivity index (χ1v) is 5.91. The molecule has 0 saturated carbocycles. The van der Waals surface area contributed by atoms with Gasteiger partial charge in [-0.25, -0.2) is 0 Å². The molecule has 76 valence electrons. The number of benzene rings is 1. The minimum Gasteiger partial charge on any atom is -0.0798 e. The van der Waals surface area contributed by atoms with Crippen molar-refractivity contribution in [3.63, 3.8) is 0 Å². The van der Waals surface area contributed by atoms with Crippen LogP contribution in [-0.4, -0.2) is 0 Å². The quantitative estimate of drug-likeness (QED) is 0.628. The number of hydrogen-bond donors (Lipinski definition) is 0. The van der Waals surface area contributed by atoms with Crippen LogP contribution in [0.5, 0.6) is 0 Å². The van der Waals surface area contributed by atoms with Gasteiger partial charge in [-0.15, -0.1) is 0 Å². The first-order valence-electron chi connectivity index (χ1n) is 5.91. The van der Waals surface area contributed by atoms with Crippen molar-refractivity contribution in [3.8, 4) is 0 Å².